The van der Waals surface area contributed by atoms with Crippen LogP contribution in [0.2, 0.25) is 25.7 Å². The van der Waals surface area contributed by atoms with Crippen LogP contribution >= 0.6 is 0 Å². The Morgan fingerprint density at radius 1 is 0.438 bits per heavy atom. The normalized spacial score (nSPS) is 12.0. The third-order valence-corrected chi connectivity index (χ3v) is 14.1. The number of benzene rings is 4. The fraction of sp³-hybridized carbons (Fsp3) is 0.586. The van der Waals surface area contributed by atoms with E-state index in [1.807, 2.05) is 6.07 Å². The van der Waals surface area contributed by atoms with Crippen LogP contribution in [-0.2, 0) is 55.0 Å². The minimum Gasteiger partial charge on any atom is -0.507 e. The van der Waals surface area contributed by atoms with Crippen LogP contribution in [0.5, 0.6) is 11.5 Å². The van der Waals surface area contributed by atoms with E-state index in [9.17, 15) is 10.2 Å². The summed E-state index contributed by atoms with van der Waals surface area (Å²) in [5.41, 5.74) is 13.0. The van der Waals surface area contributed by atoms with E-state index in [0.29, 0.717) is 5.39 Å². The Labute approximate surface area is 403 Å². The molecule has 0 atom stereocenters. The second-order valence-corrected chi connectivity index (χ2v) is 25.1. The van der Waals surface area contributed by atoms with Crippen molar-refractivity contribution in [3.05, 3.63) is 94.0 Å². The molecule has 4 aromatic carbocycles. The molecule has 0 unspecified atom stereocenters. The Hall–Kier alpha value is -3.21. The standard InChI is InChI=1S/C39H62N2.C19H28O2Si.Ni/c1-7-13-19-25-39(41-37-29-27-33(21-15-9-3)35(31-37)23-17-11-5)38(24-18-12-6)40-36-28-26-32(20-14-8-2)34(30-36)22-16-10-4;1-5-6-7-14-10-16-11-15(8-9-22(2,3)4)13-18(21)19(16)17(20)12-14;/h26-31H,7-25H2,1-6H3;10-13,20-21H,5-9H2,1-4H3;. The molecule has 4 rings (SSSR count). The van der Waals surface area contributed by atoms with Crippen LogP contribution < -0.4 is 0 Å². The van der Waals surface area contributed by atoms with E-state index in [-0.39, 0.29) is 28.0 Å². The predicted octanol–water partition coefficient (Wildman–Crippen LogP) is 18.1. The third kappa shape index (κ3) is 20.5. The van der Waals surface area contributed by atoms with E-state index in [1.54, 1.807) is 6.07 Å². The largest absolute Gasteiger partial charge is 0.507 e. The van der Waals surface area contributed by atoms with Crippen LogP contribution in [0.25, 0.3) is 10.8 Å². The number of hydrogen-bond acceptors (Lipinski definition) is 4. The molecule has 4 nitrogen and oxygen atoms in total. The molecule has 2 N–H and O–H groups in total. The second-order valence-electron chi connectivity index (χ2n) is 19.5. The Bertz CT molecular complexity index is 1990. The first-order valence-corrected chi connectivity index (χ1v) is 29.5. The predicted molar refractivity (Wildman–Crippen MR) is 283 cm³/mol. The number of phenolic OH excluding ortho intramolecular Hbond substituents is 2. The first-order chi connectivity index (χ1) is 30.4. The molecule has 64 heavy (non-hydrogen) atoms. The van der Waals surface area contributed by atoms with Crippen molar-refractivity contribution < 1.29 is 26.7 Å². The molecule has 0 fully saturated rings. The Morgan fingerprint density at radius 2 is 0.828 bits per heavy atom. The van der Waals surface area contributed by atoms with E-state index < -0.39 is 8.07 Å². The molecule has 358 valence electrons. The molecule has 0 aromatic heterocycles. The number of aliphatic imine (C=N–C) groups is 2. The topological polar surface area (TPSA) is 65.2 Å². The van der Waals surface area contributed by atoms with Crippen LogP contribution in [0.3, 0.4) is 0 Å². The summed E-state index contributed by atoms with van der Waals surface area (Å²) in [4.78, 5) is 10.8. The summed E-state index contributed by atoms with van der Waals surface area (Å²) in [6.45, 7) is 23.0. The Kier molecular flexibility index (Phi) is 28.2. The number of phenols is 2. The third-order valence-electron chi connectivity index (χ3n) is 12.3. The molecule has 4 aromatic rings. The summed E-state index contributed by atoms with van der Waals surface area (Å²) in [5, 5.41) is 22.0. The molecule has 0 saturated carbocycles. The van der Waals surface area contributed by atoms with Gasteiger partial charge in [-0.15, -0.1) is 0 Å². The summed E-state index contributed by atoms with van der Waals surface area (Å²) >= 11 is 0. The SMILES string of the molecule is CCCCCC(=Nc1ccc(CCCC)c(CCCC)c1)C(CCCC)=Nc1ccc(CCCC)c(CCCC)c1.CCCCc1cc(O)c2c(O)cc(CC[Si](C)(C)C)cc2c1.[Ni]. The van der Waals surface area contributed by atoms with Gasteiger partial charge >= 0.3 is 0 Å². The van der Waals surface area contributed by atoms with Crippen molar-refractivity contribution in [2.75, 3.05) is 0 Å². The smallest absolute Gasteiger partial charge is 0.127 e. The molecule has 0 aliphatic heterocycles. The quantitative estimate of drug-likeness (QED) is 0.0339. The Balaban J connectivity index is 0.000000514. The second kappa shape index (κ2) is 31.7. The summed E-state index contributed by atoms with van der Waals surface area (Å²) < 4.78 is 0. The number of aromatic hydroxyl groups is 2. The Morgan fingerprint density at radius 3 is 1.25 bits per heavy atom. The number of nitrogens with zero attached hydrogens (tertiary/aromatic N) is 2. The molecule has 0 aliphatic rings. The number of rotatable bonds is 28. The van der Waals surface area contributed by atoms with E-state index in [4.69, 9.17) is 9.98 Å². The number of hydrogen-bond donors (Lipinski definition) is 2. The van der Waals surface area contributed by atoms with Crippen molar-refractivity contribution >= 4 is 41.6 Å². The fourth-order valence-corrected chi connectivity index (χ4v) is 9.33. The molecular formula is C58H90N2NiO2Si. The maximum atomic E-state index is 10.3. The van der Waals surface area contributed by atoms with Crippen molar-refractivity contribution in [3.63, 3.8) is 0 Å². The van der Waals surface area contributed by atoms with Gasteiger partial charge in [-0.05, 0) is 171 Å². The minimum absolute atomic E-state index is 0. The molecule has 0 saturated heterocycles. The number of unbranched alkanes of at least 4 members (excludes halogenated alkanes) is 8. The summed E-state index contributed by atoms with van der Waals surface area (Å²) in [7, 11) is -1.10. The number of fused-ring (bicyclic) bond motifs is 1. The number of aryl methyl sites for hydroxylation is 6. The van der Waals surface area contributed by atoms with Gasteiger partial charge in [0.1, 0.15) is 11.5 Å². The molecule has 6 heteroatoms. The first-order valence-electron chi connectivity index (χ1n) is 25.8. The first kappa shape index (κ1) is 56.9. The van der Waals surface area contributed by atoms with Crippen LogP contribution in [0.15, 0.2) is 70.6 Å². The van der Waals surface area contributed by atoms with Gasteiger partial charge in [-0.2, -0.15) is 0 Å². The molecule has 0 aliphatic carbocycles. The van der Waals surface area contributed by atoms with Crippen molar-refractivity contribution in [2.45, 2.75) is 222 Å². The van der Waals surface area contributed by atoms with Gasteiger partial charge in [0.15, 0.2) is 0 Å². The van der Waals surface area contributed by atoms with E-state index in [1.165, 1.54) is 135 Å². The van der Waals surface area contributed by atoms with Gasteiger partial charge in [-0.1, -0.05) is 150 Å². The van der Waals surface area contributed by atoms with Gasteiger partial charge in [0.05, 0.1) is 28.2 Å². The molecule has 0 spiro atoms. The zero-order valence-electron chi connectivity index (χ0n) is 42.3. The van der Waals surface area contributed by atoms with Crippen LogP contribution in [0.1, 0.15) is 191 Å². The zero-order chi connectivity index (χ0) is 46.0. The molecular weight excluding hydrogens is 843 g/mol. The van der Waals surface area contributed by atoms with E-state index in [0.717, 1.165) is 80.1 Å². The van der Waals surface area contributed by atoms with Crippen molar-refractivity contribution in [1.29, 1.82) is 0 Å². The van der Waals surface area contributed by atoms with E-state index in [2.05, 4.69) is 117 Å². The van der Waals surface area contributed by atoms with Gasteiger partial charge in [0, 0.05) is 24.6 Å². The fourth-order valence-electron chi connectivity index (χ4n) is 8.29. The monoisotopic (exact) mass is 933 g/mol. The maximum absolute atomic E-state index is 10.3. The van der Waals surface area contributed by atoms with Gasteiger partial charge in [-0.3, -0.25) is 9.98 Å². The van der Waals surface area contributed by atoms with Gasteiger partial charge in [-0.25, -0.2) is 0 Å². The minimum atomic E-state index is -1.10. The summed E-state index contributed by atoms with van der Waals surface area (Å²) in [5.74, 6) is 0.389. The van der Waals surface area contributed by atoms with Gasteiger partial charge in [0.25, 0.3) is 0 Å². The molecule has 0 heterocycles. The van der Waals surface area contributed by atoms with Crippen molar-refractivity contribution in [3.8, 4) is 11.5 Å². The van der Waals surface area contributed by atoms with Gasteiger partial charge < -0.3 is 10.2 Å². The van der Waals surface area contributed by atoms with Crippen LogP contribution in [0, 0.1) is 0 Å². The maximum Gasteiger partial charge on any atom is 0.127 e. The summed E-state index contributed by atoms with van der Waals surface area (Å²) in [6, 6.07) is 23.1. The van der Waals surface area contributed by atoms with E-state index >= 15 is 0 Å². The van der Waals surface area contributed by atoms with Crippen LogP contribution in [-0.4, -0.2) is 29.7 Å². The van der Waals surface area contributed by atoms with Crippen molar-refractivity contribution in [1.82, 2.24) is 0 Å². The molecule has 0 radical (unpaired) electrons. The summed E-state index contributed by atoms with van der Waals surface area (Å²) in [6.07, 6.45) is 26.8. The zero-order valence-corrected chi connectivity index (χ0v) is 44.3. The van der Waals surface area contributed by atoms with Crippen LogP contribution in [0.4, 0.5) is 11.4 Å². The molecule has 0 amide bonds. The average molecular weight is 934 g/mol. The molecule has 0 bridgehead atoms. The van der Waals surface area contributed by atoms with Gasteiger partial charge in [0.2, 0.25) is 0 Å². The van der Waals surface area contributed by atoms with Crippen molar-refractivity contribution in [2.24, 2.45) is 9.98 Å². The average Bonchev–Trinajstić information content (AvgIpc) is 3.26.